The van der Waals surface area contributed by atoms with Crippen molar-refractivity contribution in [1.29, 1.82) is 0 Å². The lowest BCUT2D eigenvalue weighted by molar-refractivity contribution is 0.0184. The standard InChI is InChI=1S/C72H91N3O9Si/c1-4-7-10-13-16-19-22-58-31-43-67(44-32-58)73-55-61-25-37-64(38-26-61)70(76)79-49-52-82-85(83-53-50-80-71(77)65-39-27-62(28-40-65)56-74-68-45-33-59(34-46-68)23-20-17-14-11-8-5-2)84-54-51-81-72(78)66-41-29-63(30-42-66)57-75-69-47-35-60(36-48-69)24-21-18-15-12-9-6-3/h25-48,55-57,85H,4-24,49-54H2,1-3H3. The van der Waals surface area contributed by atoms with Crippen LogP contribution in [0.5, 0.6) is 0 Å². The zero-order chi connectivity index (χ0) is 59.8. The number of esters is 3. The lowest BCUT2D eigenvalue weighted by Crippen LogP contribution is -2.32. The molecule has 0 saturated carbocycles. The first-order valence-electron chi connectivity index (χ1n) is 31.3. The summed E-state index contributed by atoms with van der Waals surface area (Å²) >= 11 is 0. The predicted molar refractivity (Wildman–Crippen MR) is 348 cm³/mol. The number of benzene rings is 6. The van der Waals surface area contributed by atoms with Gasteiger partial charge in [-0.15, -0.1) is 0 Å². The molecule has 0 bridgehead atoms. The smallest absolute Gasteiger partial charge is 0.460 e. The molecular weight excluding hydrogens is 1080 g/mol. The summed E-state index contributed by atoms with van der Waals surface area (Å²) in [4.78, 5) is 52.9. The summed E-state index contributed by atoms with van der Waals surface area (Å²) in [5.74, 6) is -1.54. The van der Waals surface area contributed by atoms with E-state index in [-0.39, 0.29) is 39.6 Å². The molecule has 0 N–H and O–H groups in total. The Kier molecular flexibility index (Phi) is 32.3. The first-order chi connectivity index (χ1) is 41.8. The van der Waals surface area contributed by atoms with Gasteiger partial charge in [0.05, 0.1) is 53.6 Å². The molecule has 452 valence electrons. The van der Waals surface area contributed by atoms with Crippen LogP contribution in [0.25, 0.3) is 0 Å². The van der Waals surface area contributed by atoms with Gasteiger partial charge in [0, 0.05) is 18.6 Å². The third-order valence-electron chi connectivity index (χ3n) is 14.5. The molecule has 0 aliphatic rings. The number of aryl methyl sites for hydroxylation is 3. The molecule has 0 radical (unpaired) electrons. The zero-order valence-electron chi connectivity index (χ0n) is 50.8. The molecule has 0 atom stereocenters. The summed E-state index contributed by atoms with van der Waals surface area (Å²) in [6, 6.07) is 46.2. The Labute approximate surface area is 508 Å². The second-order valence-electron chi connectivity index (χ2n) is 21.5. The van der Waals surface area contributed by atoms with Crippen LogP contribution >= 0.6 is 0 Å². The van der Waals surface area contributed by atoms with Gasteiger partial charge in [0.2, 0.25) is 0 Å². The van der Waals surface area contributed by atoms with Gasteiger partial charge in [-0.25, -0.2) is 14.4 Å². The average molecular weight is 1170 g/mol. The molecule has 0 aromatic heterocycles. The highest BCUT2D eigenvalue weighted by molar-refractivity contribution is 6.36. The van der Waals surface area contributed by atoms with E-state index in [4.69, 9.17) is 27.5 Å². The van der Waals surface area contributed by atoms with Crippen molar-refractivity contribution in [2.75, 3.05) is 39.6 Å². The Morgan fingerprint density at radius 1 is 0.318 bits per heavy atom. The highest BCUT2D eigenvalue weighted by atomic mass is 28.3. The summed E-state index contributed by atoms with van der Waals surface area (Å²) in [5.41, 5.74) is 10.2. The predicted octanol–water partition coefficient (Wildman–Crippen LogP) is 17.3. The minimum Gasteiger partial charge on any atom is -0.460 e. The van der Waals surface area contributed by atoms with Gasteiger partial charge in [-0.2, -0.15) is 0 Å². The Balaban J connectivity index is 0.936. The number of carbonyl (C=O) groups excluding carboxylic acids is 3. The first-order valence-corrected chi connectivity index (χ1v) is 32.7. The summed E-state index contributed by atoms with van der Waals surface area (Å²) in [6.45, 7) is 6.43. The van der Waals surface area contributed by atoms with E-state index in [1.54, 1.807) is 55.0 Å². The van der Waals surface area contributed by atoms with E-state index >= 15 is 0 Å². The number of hydrogen-bond donors (Lipinski definition) is 0. The van der Waals surface area contributed by atoms with Gasteiger partial charge in [-0.3, -0.25) is 15.0 Å². The third-order valence-corrected chi connectivity index (χ3v) is 16.0. The molecular formula is C72H91N3O9Si. The van der Waals surface area contributed by atoms with Crippen LogP contribution in [0.1, 0.15) is 201 Å². The molecule has 0 heterocycles. The van der Waals surface area contributed by atoms with Crippen LogP contribution in [-0.2, 0) is 46.8 Å². The van der Waals surface area contributed by atoms with Gasteiger partial charge < -0.3 is 27.5 Å². The van der Waals surface area contributed by atoms with E-state index in [2.05, 4.69) is 72.1 Å². The van der Waals surface area contributed by atoms with Crippen LogP contribution in [0.3, 0.4) is 0 Å². The molecule has 0 fully saturated rings. The van der Waals surface area contributed by atoms with Crippen molar-refractivity contribution in [1.82, 2.24) is 0 Å². The minimum absolute atomic E-state index is 0.0227. The molecule has 85 heavy (non-hydrogen) atoms. The number of ether oxygens (including phenoxy) is 3. The van der Waals surface area contributed by atoms with E-state index in [0.29, 0.717) is 16.7 Å². The van der Waals surface area contributed by atoms with E-state index in [1.807, 2.05) is 72.8 Å². The van der Waals surface area contributed by atoms with Crippen molar-refractivity contribution < 1.29 is 41.9 Å². The van der Waals surface area contributed by atoms with Crippen molar-refractivity contribution in [2.24, 2.45) is 15.0 Å². The van der Waals surface area contributed by atoms with E-state index in [1.165, 1.54) is 132 Å². The summed E-state index contributed by atoms with van der Waals surface area (Å²) < 4.78 is 34.4. The van der Waals surface area contributed by atoms with Crippen LogP contribution in [0.15, 0.2) is 161 Å². The summed E-state index contributed by atoms with van der Waals surface area (Å²) in [7, 11) is -2.93. The lowest BCUT2D eigenvalue weighted by Gasteiger charge is -2.17. The van der Waals surface area contributed by atoms with Crippen molar-refractivity contribution in [3.05, 3.63) is 196 Å². The van der Waals surface area contributed by atoms with E-state index in [9.17, 15) is 14.4 Å². The molecule has 0 aliphatic heterocycles. The fraction of sp³-hybridized carbons (Fsp3) is 0.417. The van der Waals surface area contributed by atoms with Crippen LogP contribution in [0.4, 0.5) is 17.1 Å². The number of nitrogens with zero attached hydrogens (tertiary/aromatic N) is 3. The monoisotopic (exact) mass is 1170 g/mol. The number of rotatable bonds is 42. The van der Waals surface area contributed by atoms with Crippen LogP contribution in [0.2, 0.25) is 0 Å². The van der Waals surface area contributed by atoms with Crippen molar-refractivity contribution in [3.63, 3.8) is 0 Å². The van der Waals surface area contributed by atoms with Crippen molar-refractivity contribution in [3.8, 4) is 0 Å². The molecule has 6 aromatic carbocycles. The number of aliphatic imine (C=N–C) groups is 3. The highest BCUT2D eigenvalue weighted by Gasteiger charge is 2.18. The molecule has 0 spiro atoms. The topological polar surface area (TPSA) is 144 Å². The fourth-order valence-electron chi connectivity index (χ4n) is 9.37. The number of carbonyl (C=O) groups is 3. The highest BCUT2D eigenvalue weighted by Crippen LogP contribution is 2.20. The second-order valence-corrected chi connectivity index (χ2v) is 23.1. The van der Waals surface area contributed by atoms with Gasteiger partial charge >= 0.3 is 27.4 Å². The zero-order valence-corrected chi connectivity index (χ0v) is 51.9. The van der Waals surface area contributed by atoms with Gasteiger partial charge in [-0.1, -0.05) is 190 Å². The third kappa shape index (κ3) is 27.6. The first kappa shape index (κ1) is 67.0. The fourth-order valence-corrected chi connectivity index (χ4v) is 10.5. The minimum atomic E-state index is -2.93. The second kappa shape index (κ2) is 41.0. The van der Waals surface area contributed by atoms with Gasteiger partial charge in [0.25, 0.3) is 0 Å². The van der Waals surface area contributed by atoms with Crippen molar-refractivity contribution in [2.45, 2.75) is 156 Å². The van der Waals surface area contributed by atoms with Crippen LogP contribution < -0.4 is 0 Å². The summed E-state index contributed by atoms with van der Waals surface area (Å²) in [5, 5.41) is 0. The van der Waals surface area contributed by atoms with E-state index in [0.717, 1.165) is 53.0 Å². The molecule has 0 aliphatic carbocycles. The Morgan fingerprint density at radius 3 is 0.824 bits per heavy atom. The average Bonchev–Trinajstić information content (AvgIpc) is 3.64. The molecule has 0 amide bonds. The maximum Gasteiger partial charge on any atom is 0.484 e. The van der Waals surface area contributed by atoms with Gasteiger partial charge in [0.15, 0.2) is 0 Å². The molecule has 6 aromatic rings. The van der Waals surface area contributed by atoms with Crippen LogP contribution in [0, 0.1) is 0 Å². The SMILES string of the molecule is CCCCCCCCc1ccc(N=Cc2ccc(C(=O)OCCO[SiH](OCCOC(=O)c3ccc(C=Nc4ccc(CCCCCCCC)cc4)cc3)OCCOC(=O)c3ccc(C=Nc4ccc(CCCCCCCC)cc4)cc3)cc2)cc1. The Morgan fingerprint density at radius 2 is 0.565 bits per heavy atom. The normalized spacial score (nSPS) is 11.9. The Bertz CT molecular complexity index is 2580. The number of hydrogen-bond acceptors (Lipinski definition) is 12. The van der Waals surface area contributed by atoms with Crippen LogP contribution in [-0.4, -0.2) is 85.7 Å². The van der Waals surface area contributed by atoms with Crippen molar-refractivity contribution >= 4 is 63.1 Å². The van der Waals surface area contributed by atoms with Gasteiger partial charge in [0.1, 0.15) is 19.8 Å². The lowest BCUT2D eigenvalue weighted by atomic mass is 10.0. The Hall–Kier alpha value is -7.16. The van der Waals surface area contributed by atoms with Gasteiger partial charge in [-0.05, 0) is 145 Å². The summed E-state index contributed by atoms with van der Waals surface area (Å²) in [6.07, 6.45) is 31.6. The molecule has 6 rings (SSSR count). The maximum absolute atomic E-state index is 13.0. The molecule has 12 nitrogen and oxygen atoms in total. The quantitative estimate of drug-likeness (QED) is 0.0120. The number of unbranched alkanes of at least 4 members (excludes halogenated alkanes) is 15. The molecule has 13 heteroatoms. The van der Waals surface area contributed by atoms with E-state index < -0.39 is 27.4 Å². The molecule has 0 saturated heterocycles. The largest absolute Gasteiger partial charge is 0.484 e. The molecule has 0 unspecified atom stereocenters. The maximum atomic E-state index is 13.0.